The molecule has 1 saturated carbocycles. The number of hydrogen-bond donors (Lipinski definition) is 1. The smallest absolute Gasteiger partial charge is 0.247 e. The molecule has 0 aliphatic heterocycles. The number of primary amides is 1. The number of carbonyl (C=O) groups is 2. The maximum absolute atomic E-state index is 12.4. The lowest BCUT2D eigenvalue weighted by molar-refractivity contribution is -0.133. The highest BCUT2D eigenvalue weighted by atomic mass is 16.5. The van der Waals surface area contributed by atoms with Crippen LogP contribution in [0.4, 0.5) is 0 Å². The molecule has 2 rings (SSSR count). The second-order valence-electron chi connectivity index (χ2n) is 5.48. The Balaban J connectivity index is 2.08. The third-order valence-electron chi connectivity index (χ3n) is 3.89. The number of amides is 2. The van der Waals surface area contributed by atoms with E-state index < -0.39 is 5.91 Å². The molecule has 1 aliphatic carbocycles. The fourth-order valence-electron chi connectivity index (χ4n) is 2.78. The van der Waals surface area contributed by atoms with Gasteiger partial charge in [0.15, 0.2) is 0 Å². The zero-order chi connectivity index (χ0) is 15.9. The molecule has 1 aromatic rings. The predicted molar refractivity (Wildman–Crippen MR) is 85.2 cm³/mol. The van der Waals surface area contributed by atoms with Crippen LogP contribution >= 0.6 is 0 Å². The van der Waals surface area contributed by atoms with Crippen LogP contribution in [0.25, 0.3) is 6.08 Å². The fourth-order valence-corrected chi connectivity index (χ4v) is 2.78. The van der Waals surface area contributed by atoms with Crippen LogP contribution in [-0.4, -0.2) is 36.4 Å². The Kier molecular flexibility index (Phi) is 5.58. The van der Waals surface area contributed by atoms with Gasteiger partial charge in [-0.3, -0.25) is 9.59 Å². The molecule has 1 aromatic carbocycles. The molecule has 1 aliphatic rings. The molecule has 0 unspecified atom stereocenters. The first kappa shape index (κ1) is 16.1. The molecular weight excluding hydrogens is 280 g/mol. The first-order valence-electron chi connectivity index (χ1n) is 7.51. The number of nitrogens with zero attached hydrogens (tertiary/aromatic N) is 1. The van der Waals surface area contributed by atoms with Crippen molar-refractivity contribution < 1.29 is 14.3 Å². The molecule has 0 heterocycles. The lowest BCUT2D eigenvalue weighted by atomic mass is 10.1. The van der Waals surface area contributed by atoms with Crippen LogP contribution in [0, 0.1) is 0 Å². The first-order valence-corrected chi connectivity index (χ1v) is 7.51. The van der Waals surface area contributed by atoms with Crippen molar-refractivity contribution in [3.63, 3.8) is 0 Å². The molecular formula is C17H22N2O3. The van der Waals surface area contributed by atoms with Crippen molar-refractivity contribution in [2.24, 2.45) is 5.73 Å². The third kappa shape index (κ3) is 4.35. The van der Waals surface area contributed by atoms with Crippen molar-refractivity contribution in [3.05, 3.63) is 35.9 Å². The molecule has 0 aromatic heterocycles. The minimum Gasteiger partial charge on any atom is -0.497 e. The van der Waals surface area contributed by atoms with E-state index in [1.54, 1.807) is 18.1 Å². The van der Waals surface area contributed by atoms with Crippen molar-refractivity contribution in [1.82, 2.24) is 4.90 Å². The van der Waals surface area contributed by atoms with Gasteiger partial charge in [-0.2, -0.15) is 0 Å². The highest BCUT2D eigenvalue weighted by molar-refractivity contribution is 5.94. The Morgan fingerprint density at radius 2 is 2.09 bits per heavy atom. The summed E-state index contributed by atoms with van der Waals surface area (Å²) < 4.78 is 5.15. The van der Waals surface area contributed by atoms with E-state index in [4.69, 9.17) is 10.5 Å². The monoisotopic (exact) mass is 302 g/mol. The molecule has 0 radical (unpaired) electrons. The van der Waals surface area contributed by atoms with Crippen LogP contribution in [0.5, 0.6) is 5.75 Å². The van der Waals surface area contributed by atoms with E-state index >= 15 is 0 Å². The van der Waals surface area contributed by atoms with Gasteiger partial charge in [0.25, 0.3) is 0 Å². The normalized spacial score (nSPS) is 15.1. The Hall–Kier alpha value is -2.30. The van der Waals surface area contributed by atoms with Crippen molar-refractivity contribution >= 4 is 17.9 Å². The zero-order valence-corrected chi connectivity index (χ0v) is 12.8. The summed E-state index contributed by atoms with van der Waals surface area (Å²) in [7, 11) is 1.60. The van der Waals surface area contributed by atoms with E-state index in [0.29, 0.717) is 0 Å². The van der Waals surface area contributed by atoms with E-state index in [9.17, 15) is 9.59 Å². The predicted octanol–water partition coefficient (Wildman–Crippen LogP) is 1.96. The summed E-state index contributed by atoms with van der Waals surface area (Å²) in [6.07, 6.45) is 7.28. The lowest BCUT2D eigenvalue weighted by Crippen LogP contribution is -2.43. The number of methoxy groups -OCH3 is 1. The van der Waals surface area contributed by atoms with Crippen LogP contribution in [0.15, 0.2) is 30.3 Å². The quantitative estimate of drug-likeness (QED) is 0.816. The SMILES string of the molecule is COc1cccc(/C=C\C(=O)N(CC(N)=O)C2CCCC2)c1. The van der Waals surface area contributed by atoms with E-state index in [0.717, 1.165) is 37.0 Å². The molecule has 5 heteroatoms. The third-order valence-corrected chi connectivity index (χ3v) is 3.89. The molecule has 118 valence electrons. The average Bonchev–Trinajstić information content (AvgIpc) is 3.04. The van der Waals surface area contributed by atoms with Gasteiger partial charge in [0.05, 0.1) is 13.7 Å². The molecule has 22 heavy (non-hydrogen) atoms. The van der Waals surface area contributed by atoms with Crippen LogP contribution < -0.4 is 10.5 Å². The molecule has 0 saturated heterocycles. The van der Waals surface area contributed by atoms with E-state index in [1.165, 1.54) is 6.08 Å². The second kappa shape index (κ2) is 7.64. The summed E-state index contributed by atoms with van der Waals surface area (Å²) in [4.78, 5) is 25.2. The molecule has 0 spiro atoms. The first-order chi connectivity index (χ1) is 10.6. The topological polar surface area (TPSA) is 72.6 Å². The van der Waals surface area contributed by atoms with Crippen LogP contribution in [0.3, 0.4) is 0 Å². The maximum atomic E-state index is 12.4. The van der Waals surface area contributed by atoms with Gasteiger partial charge < -0.3 is 15.4 Å². The summed E-state index contributed by atoms with van der Waals surface area (Å²) in [5, 5.41) is 0. The van der Waals surface area contributed by atoms with Crippen LogP contribution in [0.1, 0.15) is 31.2 Å². The Morgan fingerprint density at radius 1 is 1.36 bits per heavy atom. The molecule has 2 amide bonds. The molecule has 1 fully saturated rings. The number of nitrogens with two attached hydrogens (primary N) is 1. The summed E-state index contributed by atoms with van der Waals surface area (Å²) in [6.45, 7) is -0.0219. The number of ether oxygens (including phenoxy) is 1. The number of hydrogen-bond acceptors (Lipinski definition) is 3. The fraction of sp³-hybridized carbons (Fsp3) is 0.412. The van der Waals surface area contributed by atoms with E-state index in [1.807, 2.05) is 24.3 Å². The van der Waals surface area contributed by atoms with E-state index in [-0.39, 0.29) is 18.5 Å². The van der Waals surface area contributed by atoms with Gasteiger partial charge in [-0.15, -0.1) is 0 Å². The highest BCUT2D eigenvalue weighted by Gasteiger charge is 2.26. The van der Waals surface area contributed by atoms with Gasteiger partial charge in [-0.1, -0.05) is 25.0 Å². The summed E-state index contributed by atoms with van der Waals surface area (Å²) in [5.74, 6) is 0.0861. The summed E-state index contributed by atoms with van der Waals surface area (Å²) in [5.41, 5.74) is 6.14. The average molecular weight is 302 g/mol. The number of rotatable bonds is 6. The second-order valence-corrected chi connectivity index (χ2v) is 5.48. The van der Waals surface area contributed by atoms with Gasteiger partial charge >= 0.3 is 0 Å². The van der Waals surface area contributed by atoms with Gasteiger partial charge in [-0.05, 0) is 36.6 Å². The highest BCUT2D eigenvalue weighted by Crippen LogP contribution is 2.23. The Morgan fingerprint density at radius 3 is 2.73 bits per heavy atom. The van der Waals surface area contributed by atoms with Crippen LogP contribution in [0.2, 0.25) is 0 Å². The molecule has 0 bridgehead atoms. The summed E-state index contributed by atoms with van der Waals surface area (Å²) >= 11 is 0. The van der Waals surface area contributed by atoms with Gasteiger partial charge in [0.1, 0.15) is 5.75 Å². The minimum absolute atomic E-state index is 0.0219. The Labute approximate surface area is 130 Å². The standard InChI is InChI=1S/C17H22N2O3/c1-22-15-8-4-5-13(11-15)9-10-17(21)19(12-16(18)20)14-6-2-3-7-14/h4-5,8-11,14H,2-3,6-7,12H2,1H3,(H2,18,20)/b10-9-. The zero-order valence-electron chi connectivity index (χ0n) is 12.8. The molecule has 0 atom stereocenters. The van der Waals surface area contributed by atoms with Gasteiger partial charge in [0, 0.05) is 12.1 Å². The van der Waals surface area contributed by atoms with Crippen molar-refractivity contribution in [3.8, 4) is 5.75 Å². The van der Waals surface area contributed by atoms with Crippen LogP contribution in [-0.2, 0) is 9.59 Å². The minimum atomic E-state index is -0.477. The summed E-state index contributed by atoms with van der Waals surface area (Å²) in [6, 6.07) is 7.56. The van der Waals surface area contributed by atoms with Gasteiger partial charge in [-0.25, -0.2) is 0 Å². The molecule has 5 nitrogen and oxygen atoms in total. The lowest BCUT2D eigenvalue weighted by Gasteiger charge is -2.26. The van der Waals surface area contributed by atoms with Gasteiger partial charge in [0.2, 0.25) is 11.8 Å². The number of benzene rings is 1. The Bertz CT molecular complexity index is 563. The molecule has 2 N–H and O–H groups in total. The van der Waals surface area contributed by atoms with Crippen molar-refractivity contribution in [1.29, 1.82) is 0 Å². The van der Waals surface area contributed by atoms with E-state index in [2.05, 4.69) is 0 Å². The largest absolute Gasteiger partial charge is 0.497 e. The van der Waals surface area contributed by atoms with Crippen molar-refractivity contribution in [2.45, 2.75) is 31.7 Å². The van der Waals surface area contributed by atoms with Crippen molar-refractivity contribution in [2.75, 3.05) is 13.7 Å². The number of carbonyl (C=O) groups excluding carboxylic acids is 2. The maximum Gasteiger partial charge on any atom is 0.247 e.